The molecule has 9 heteroatoms. The summed E-state index contributed by atoms with van der Waals surface area (Å²) in [4.78, 5) is 37.4. The molecule has 0 spiro atoms. The highest BCUT2D eigenvalue weighted by Crippen LogP contribution is 2.16. The number of carbonyl (C=O) groups is 3. The average molecular weight is 1080 g/mol. The van der Waals surface area contributed by atoms with Gasteiger partial charge in [0, 0.05) is 12.8 Å². The number of rotatable bonds is 59. The summed E-state index contributed by atoms with van der Waals surface area (Å²) in [5.41, 5.74) is 0. The van der Waals surface area contributed by atoms with Gasteiger partial charge in [-0.3, -0.25) is 9.59 Å². The molecule has 0 bridgehead atoms. The minimum atomic E-state index is -1.63. The smallest absolute Gasteiger partial charge is 0.306 e. The van der Waals surface area contributed by atoms with Gasteiger partial charge in [-0.1, -0.05) is 254 Å². The summed E-state index contributed by atoms with van der Waals surface area (Å²) < 4.78 is 22.7. The van der Waals surface area contributed by atoms with Crippen LogP contribution in [0, 0.1) is 0 Å². The highest BCUT2D eigenvalue weighted by molar-refractivity contribution is 5.70. The van der Waals surface area contributed by atoms with Crippen molar-refractivity contribution >= 4 is 17.9 Å². The summed E-state index contributed by atoms with van der Waals surface area (Å²) >= 11 is 0. The molecule has 0 saturated heterocycles. The van der Waals surface area contributed by atoms with E-state index in [9.17, 15) is 19.5 Å². The summed E-state index contributed by atoms with van der Waals surface area (Å²) in [6, 6.07) is 0. The molecule has 0 aliphatic rings. The van der Waals surface area contributed by atoms with Crippen molar-refractivity contribution in [2.75, 3.05) is 47.5 Å². The lowest BCUT2D eigenvalue weighted by molar-refractivity contribution is -0.870. The van der Waals surface area contributed by atoms with Crippen molar-refractivity contribution in [2.24, 2.45) is 0 Å². The normalized spacial score (nSPS) is 13.2. The third-order valence-corrected chi connectivity index (χ3v) is 13.9. The number of quaternary nitrogens is 1. The third-order valence-electron chi connectivity index (χ3n) is 13.9. The van der Waals surface area contributed by atoms with Crippen molar-refractivity contribution < 1.29 is 42.9 Å². The van der Waals surface area contributed by atoms with Crippen LogP contribution < -0.4 is 5.11 Å². The first kappa shape index (κ1) is 73.7. The van der Waals surface area contributed by atoms with Crippen molar-refractivity contribution in [1.82, 2.24) is 0 Å². The molecule has 0 aromatic carbocycles. The molecule has 0 fully saturated rings. The highest BCUT2D eigenvalue weighted by atomic mass is 16.7. The van der Waals surface area contributed by atoms with Gasteiger partial charge in [0.05, 0.1) is 40.3 Å². The Labute approximate surface area is 475 Å². The highest BCUT2D eigenvalue weighted by Gasteiger charge is 2.22. The van der Waals surface area contributed by atoms with Crippen LogP contribution in [0.3, 0.4) is 0 Å². The number of carboxylic acids is 1. The van der Waals surface area contributed by atoms with E-state index >= 15 is 0 Å². The van der Waals surface area contributed by atoms with Gasteiger partial charge in [0.2, 0.25) is 0 Å². The van der Waals surface area contributed by atoms with Gasteiger partial charge in [-0.25, -0.2) is 0 Å². The first-order valence-electron chi connectivity index (χ1n) is 32.1. The molecule has 0 amide bonds. The fourth-order valence-corrected chi connectivity index (χ4v) is 8.96. The van der Waals surface area contributed by atoms with Crippen LogP contribution >= 0.6 is 0 Å². The number of allylic oxidation sites excluding steroid dienone is 12. The SMILES string of the molecule is CCCCCCC/C=C\C/C=C\C/C=C\CCCCCCCCCCCCCCCCCCC(=O)OC(COC(=O)CCCCCCCC/C=C\C/C=C\C/C=C\CCCCCCC)COC(OCC[N+](C)(C)C)C(=O)[O-]. The van der Waals surface area contributed by atoms with Gasteiger partial charge >= 0.3 is 11.9 Å². The molecule has 2 unspecified atom stereocenters. The summed E-state index contributed by atoms with van der Waals surface area (Å²) in [6.45, 7) is 4.73. The lowest BCUT2D eigenvalue weighted by atomic mass is 10.0. The van der Waals surface area contributed by atoms with E-state index in [0.29, 0.717) is 17.4 Å². The first-order valence-corrected chi connectivity index (χ1v) is 32.1. The van der Waals surface area contributed by atoms with Gasteiger partial charge in [0.1, 0.15) is 13.2 Å². The Morgan fingerprint density at radius 2 is 0.701 bits per heavy atom. The van der Waals surface area contributed by atoms with E-state index in [4.69, 9.17) is 18.9 Å². The molecule has 446 valence electrons. The number of carboxylic acid groups (broad SMARTS) is 1. The zero-order valence-corrected chi connectivity index (χ0v) is 50.8. The van der Waals surface area contributed by atoms with Gasteiger partial charge in [0.15, 0.2) is 12.4 Å². The van der Waals surface area contributed by atoms with Crippen LogP contribution in [0.25, 0.3) is 0 Å². The number of carbonyl (C=O) groups excluding carboxylic acids is 3. The summed E-state index contributed by atoms with van der Waals surface area (Å²) in [5.74, 6) is -2.29. The number of nitrogens with zero attached hydrogens (tertiary/aromatic N) is 1. The lowest BCUT2D eigenvalue weighted by Gasteiger charge is -2.26. The van der Waals surface area contributed by atoms with Gasteiger partial charge in [-0.05, 0) is 89.9 Å². The van der Waals surface area contributed by atoms with Crippen molar-refractivity contribution in [3.63, 3.8) is 0 Å². The van der Waals surface area contributed by atoms with E-state index in [1.54, 1.807) is 0 Å². The number of ether oxygens (including phenoxy) is 4. The molecule has 0 radical (unpaired) electrons. The topological polar surface area (TPSA) is 111 Å². The number of unbranched alkanes of at least 4 members (excludes halogenated alkanes) is 32. The van der Waals surface area contributed by atoms with Crippen LogP contribution in [0.4, 0.5) is 0 Å². The Hall–Kier alpha value is -3.27. The minimum Gasteiger partial charge on any atom is -0.545 e. The molecule has 0 aliphatic carbocycles. The maximum absolute atomic E-state index is 12.9. The number of hydrogen-bond acceptors (Lipinski definition) is 8. The Bertz CT molecular complexity index is 1490. The molecular formula is C68H121NO8. The molecule has 77 heavy (non-hydrogen) atoms. The molecule has 0 aromatic heterocycles. The van der Waals surface area contributed by atoms with Crippen molar-refractivity contribution in [2.45, 2.75) is 296 Å². The number of esters is 2. The predicted octanol–water partition coefficient (Wildman–Crippen LogP) is 18.0. The van der Waals surface area contributed by atoms with Gasteiger partial charge < -0.3 is 33.3 Å². The van der Waals surface area contributed by atoms with Crippen LogP contribution in [-0.2, 0) is 33.3 Å². The molecular weight excluding hydrogens is 959 g/mol. The van der Waals surface area contributed by atoms with Gasteiger partial charge in [-0.2, -0.15) is 0 Å². The number of likely N-dealkylation sites (N-methyl/N-ethyl adjacent to an activating group) is 1. The van der Waals surface area contributed by atoms with Crippen LogP contribution in [0.2, 0.25) is 0 Å². The third kappa shape index (κ3) is 60.2. The van der Waals surface area contributed by atoms with E-state index in [1.165, 1.54) is 173 Å². The van der Waals surface area contributed by atoms with Crippen LogP contribution in [0.5, 0.6) is 0 Å². The van der Waals surface area contributed by atoms with Crippen molar-refractivity contribution in [1.29, 1.82) is 0 Å². The molecule has 0 aromatic rings. The molecule has 9 nitrogen and oxygen atoms in total. The van der Waals surface area contributed by atoms with Gasteiger partial charge in [0.25, 0.3) is 0 Å². The Kier molecular flexibility index (Phi) is 56.4. The second-order valence-electron chi connectivity index (χ2n) is 22.7. The number of aliphatic carboxylic acids is 1. The maximum atomic E-state index is 12.9. The summed E-state index contributed by atoms with van der Waals surface area (Å²) in [7, 11) is 5.92. The van der Waals surface area contributed by atoms with Crippen LogP contribution in [0.15, 0.2) is 72.9 Å². The molecule has 0 saturated carbocycles. The fraction of sp³-hybridized carbons (Fsp3) is 0.779. The molecule has 0 heterocycles. The minimum absolute atomic E-state index is 0.144. The first-order chi connectivity index (χ1) is 37.6. The lowest BCUT2D eigenvalue weighted by Crippen LogP contribution is -2.44. The molecule has 2 atom stereocenters. The Balaban J connectivity index is 4.17. The average Bonchev–Trinajstić information content (AvgIpc) is 3.40. The molecule has 0 N–H and O–H groups in total. The van der Waals surface area contributed by atoms with Crippen molar-refractivity contribution in [3.05, 3.63) is 72.9 Å². The summed E-state index contributed by atoms with van der Waals surface area (Å²) in [6.07, 6.45) is 73.9. The van der Waals surface area contributed by atoms with E-state index < -0.39 is 24.3 Å². The number of hydrogen-bond donors (Lipinski definition) is 0. The van der Waals surface area contributed by atoms with Crippen LogP contribution in [-0.4, -0.2) is 82.3 Å². The van der Waals surface area contributed by atoms with Gasteiger partial charge in [-0.15, -0.1) is 0 Å². The van der Waals surface area contributed by atoms with E-state index in [2.05, 4.69) is 86.8 Å². The Morgan fingerprint density at radius 3 is 1.04 bits per heavy atom. The second-order valence-corrected chi connectivity index (χ2v) is 22.7. The van der Waals surface area contributed by atoms with E-state index in [1.807, 2.05) is 21.1 Å². The second kappa shape index (κ2) is 58.9. The predicted molar refractivity (Wildman–Crippen MR) is 325 cm³/mol. The monoisotopic (exact) mass is 1080 g/mol. The quantitative estimate of drug-likeness (QED) is 0.0195. The Morgan fingerprint density at radius 1 is 0.390 bits per heavy atom. The largest absolute Gasteiger partial charge is 0.545 e. The zero-order chi connectivity index (χ0) is 56.2. The molecule has 0 rings (SSSR count). The maximum Gasteiger partial charge on any atom is 0.306 e. The van der Waals surface area contributed by atoms with Crippen molar-refractivity contribution in [3.8, 4) is 0 Å². The summed E-state index contributed by atoms with van der Waals surface area (Å²) in [5, 5.41) is 11.8. The van der Waals surface area contributed by atoms with E-state index in [0.717, 1.165) is 77.0 Å². The van der Waals surface area contributed by atoms with Crippen LogP contribution in [0.1, 0.15) is 284 Å². The molecule has 0 aliphatic heterocycles. The zero-order valence-electron chi connectivity index (χ0n) is 50.8. The standard InChI is InChI=1S/C68H121NO8/c1-6-8-10-12-14-16-18-20-22-24-26-28-29-30-31-32-33-34-35-36-37-39-41-43-45-47-49-51-53-55-57-59-66(71)77-64(63-76-68(67(72)73)74-61-60-69(3,4)5)62-75-65(70)58-56-54-52-50-48-46-44-42-40-38-27-25-23-21-19-17-15-13-11-9-7-2/h18-21,24-27,29-30,40,42,64,68H,6-17,22-23,28,31-39,41,43-63H2,1-5H3/b20-18-,21-19-,26-24-,27-25-,30-29-,42-40-. The fourth-order valence-electron chi connectivity index (χ4n) is 8.96. The van der Waals surface area contributed by atoms with E-state index in [-0.39, 0.29) is 38.6 Å².